The van der Waals surface area contributed by atoms with E-state index in [4.69, 9.17) is 5.73 Å². The van der Waals surface area contributed by atoms with Crippen molar-refractivity contribution in [3.63, 3.8) is 0 Å². The number of amides is 2. The molecule has 1 atom stereocenters. The number of carbonyl (C=O) groups excluding carboxylic acids is 2. The van der Waals surface area contributed by atoms with Gasteiger partial charge < -0.3 is 5.73 Å². The first kappa shape index (κ1) is 13.4. The van der Waals surface area contributed by atoms with Gasteiger partial charge in [0.25, 0.3) is 0 Å². The molecule has 1 fully saturated rings. The summed E-state index contributed by atoms with van der Waals surface area (Å²) in [6, 6.07) is 3.38. The number of carbonyl (C=O) groups is 2. The summed E-state index contributed by atoms with van der Waals surface area (Å²) >= 11 is 0. The first-order chi connectivity index (χ1) is 8.79. The highest BCUT2D eigenvalue weighted by atomic mass is 19.4. The van der Waals surface area contributed by atoms with Gasteiger partial charge in [0.1, 0.15) is 0 Å². The predicted octanol–water partition coefficient (Wildman–Crippen LogP) is 1.81. The lowest BCUT2D eigenvalue weighted by Gasteiger charge is -2.22. The van der Waals surface area contributed by atoms with Gasteiger partial charge in [-0.2, -0.15) is 13.2 Å². The van der Waals surface area contributed by atoms with E-state index < -0.39 is 29.5 Å². The lowest BCUT2D eigenvalue weighted by Crippen LogP contribution is -2.39. The average molecular weight is 272 g/mol. The molecule has 2 amide bonds. The number of halogens is 3. The summed E-state index contributed by atoms with van der Waals surface area (Å²) in [6.45, 7) is 0. The second-order valence-electron chi connectivity index (χ2n) is 4.35. The number of imide groups is 1. The van der Waals surface area contributed by atoms with Gasteiger partial charge in [0.15, 0.2) is 0 Å². The average Bonchev–Trinajstić information content (AvgIpc) is 2.29. The number of piperidine rings is 1. The number of benzene rings is 1. The lowest BCUT2D eigenvalue weighted by molar-refractivity contribution is -0.138. The second kappa shape index (κ2) is 4.56. The zero-order chi connectivity index (χ0) is 14.2. The zero-order valence-electron chi connectivity index (χ0n) is 9.75. The Morgan fingerprint density at radius 1 is 1.26 bits per heavy atom. The Morgan fingerprint density at radius 2 is 1.95 bits per heavy atom. The monoisotopic (exact) mass is 272 g/mol. The number of nitrogens with one attached hydrogen (secondary N) is 1. The van der Waals surface area contributed by atoms with Crippen LogP contribution in [0.15, 0.2) is 18.2 Å². The van der Waals surface area contributed by atoms with E-state index in [1.807, 2.05) is 0 Å². The molecule has 2 rings (SSSR count). The number of anilines is 1. The van der Waals surface area contributed by atoms with Gasteiger partial charge in [-0.25, -0.2) is 0 Å². The third kappa shape index (κ3) is 2.69. The molecule has 1 aromatic rings. The summed E-state index contributed by atoms with van der Waals surface area (Å²) in [5, 5.41) is 2.11. The normalized spacial score (nSPS) is 20.3. The van der Waals surface area contributed by atoms with E-state index in [1.54, 1.807) is 0 Å². The topological polar surface area (TPSA) is 72.2 Å². The molecule has 0 saturated carbocycles. The van der Waals surface area contributed by atoms with Gasteiger partial charge in [0.05, 0.1) is 11.5 Å². The van der Waals surface area contributed by atoms with Crippen molar-refractivity contribution in [2.75, 3.05) is 5.73 Å². The van der Waals surface area contributed by atoms with Crippen LogP contribution >= 0.6 is 0 Å². The number of alkyl halides is 3. The molecular formula is C12H11F3N2O2. The molecule has 0 spiro atoms. The fraction of sp³-hybridized carbons (Fsp3) is 0.333. The van der Waals surface area contributed by atoms with Gasteiger partial charge in [0.2, 0.25) is 11.8 Å². The molecular weight excluding hydrogens is 261 g/mol. The van der Waals surface area contributed by atoms with Crippen molar-refractivity contribution in [2.45, 2.75) is 24.9 Å². The Balaban J connectivity index is 2.36. The Labute approximate surface area is 106 Å². The van der Waals surface area contributed by atoms with Crippen LogP contribution in [0.1, 0.15) is 29.9 Å². The van der Waals surface area contributed by atoms with E-state index in [0.717, 1.165) is 12.1 Å². The SMILES string of the molecule is Nc1ccc(C2CCC(=O)NC2=O)cc1C(F)(F)F. The molecule has 0 aromatic heterocycles. The maximum absolute atomic E-state index is 12.7. The maximum atomic E-state index is 12.7. The molecule has 4 nitrogen and oxygen atoms in total. The number of nitrogens with two attached hydrogens (primary N) is 1. The van der Waals surface area contributed by atoms with Crippen LogP contribution in [0.25, 0.3) is 0 Å². The van der Waals surface area contributed by atoms with Gasteiger partial charge in [-0.3, -0.25) is 14.9 Å². The van der Waals surface area contributed by atoms with E-state index in [0.29, 0.717) is 0 Å². The highest BCUT2D eigenvalue weighted by Gasteiger charge is 2.35. The summed E-state index contributed by atoms with van der Waals surface area (Å²) in [4.78, 5) is 22.6. The summed E-state index contributed by atoms with van der Waals surface area (Å²) < 4.78 is 38.2. The van der Waals surface area contributed by atoms with Gasteiger partial charge >= 0.3 is 6.18 Å². The molecule has 1 aromatic carbocycles. The summed E-state index contributed by atoms with van der Waals surface area (Å²) in [5.41, 5.74) is 4.15. The Morgan fingerprint density at radius 3 is 2.53 bits per heavy atom. The molecule has 0 bridgehead atoms. The molecule has 102 valence electrons. The number of nitrogen functional groups attached to an aromatic ring is 1. The van der Waals surface area contributed by atoms with Gasteiger partial charge in [-0.1, -0.05) is 6.07 Å². The minimum atomic E-state index is -4.57. The molecule has 0 aliphatic carbocycles. The Bertz CT molecular complexity index is 540. The third-order valence-corrected chi connectivity index (χ3v) is 3.02. The first-order valence-electron chi connectivity index (χ1n) is 5.59. The molecule has 1 aliphatic rings. The standard InChI is InChI=1S/C12H11F3N2O2/c13-12(14,15)8-5-6(1-3-9(8)16)7-2-4-10(18)17-11(7)19/h1,3,5,7H,2,4,16H2,(H,17,18,19). The van der Waals surface area contributed by atoms with Gasteiger partial charge in [-0.15, -0.1) is 0 Å². The van der Waals surface area contributed by atoms with E-state index in [1.165, 1.54) is 6.07 Å². The fourth-order valence-corrected chi connectivity index (χ4v) is 2.05. The molecule has 1 saturated heterocycles. The summed E-state index contributed by atoms with van der Waals surface area (Å²) in [6.07, 6.45) is -4.25. The molecule has 1 aliphatic heterocycles. The third-order valence-electron chi connectivity index (χ3n) is 3.02. The van der Waals surface area contributed by atoms with Crippen LogP contribution in [0.2, 0.25) is 0 Å². The molecule has 7 heteroatoms. The quantitative estimate of drug-likeness (QED) is 0.605. The van der Waals surface area contributed by atoms with Crippen molar-refractivity contribution in [3.8, 4) is 0 Å². The van der Waals surface area contributed by atoms with Crippen LogP contribution in [-0.2, 0) is 15.8 Å². The molecule has 3 N–H and O–H groups in total. The van der Waals surface area contributed by atoms with E-state index >= 15 is 0 Å². The minimum Gasteiger partial charge on any atom is -0.398 e. The predicted molar refractivity (Wildman–Crippen MR) is 61.0 cm³/mol. The molecule has 1 unspecified atom stereocenters. The zero-order valence-corrected chi connectivity index (χ0v) is 9.75. The highest BCUT2D eigenvalue weighted by molar-refractivity contribution is 6.00. The van der Waals surface area contributed by atoms with Crippen molar-refractivity contribution >= 4 is 17.5 Å². The smallest absolute Gasteiger partial charge is 0.398 e. The van der Waals surface area contributed by atoms with E-state index in [2.05, 4.69) is 5.32 Å². The van der Waals surface area contributed by atoms with Crippen molar-refractivity contribution in [1.29, 1.82) is 0 Å². The Hall–Kier alpha value is -2.05. The van der Waals surface area contributed by atoms with Crippen LogP contribution < -0.4 is 11.1 Å². The number of rotatable bonds is 1. The molecule has 19 heavy (non-hydrogen) atoms. The van der Waals surface area contributed by atoms with Crippen LogP contribution in [0.4, 0.5) is 18.9 Å². The summed E-state index contributed by atoms with van der Waals surface area (Å²) in [7, 11) is 0. The summed E-state index contributed by atoms with van der Waals surface area (Å²) in [5.74, 6) is -1.73. The number of hydrogen-bond donors (Lipinski definition) is 2. The molecule has 1 heterocycles. The van der Waals surface area contributed by atoms with Gasteiger partial charge in [0, 0.05) is 12.1 Å². The van der Waals surface area contributed by atoms with Crippen molar-refractivity contribution in [3.05, 3.63) is 29.3 Å². The van der Waals surface area contributed by atoms with Gasteiger partial charge in [-0.05, 0) is 24.1 Å². The van der Waals surface area contributed by atoms with Crippen molar-refractivity contribution in [1.82, 2.24) is 5.32 Å². The number of hydrogen-bond acceptors (Lipinski definition) is 3. The van der Waals surface area contributed by atoms with E-state index in [-0.39, 0.29) is 24.1 Å². The van der Waals surface area contributed by atoms with E-state index in [9.17, 15) is 22.8 Å². The lowest BCUT2D eigenvalue weighted by atomic mass is 9.89. The highest BCUT2D eigenvalue weighted by Crippen LogP contribution is 2.36. The van der Waals surface area contributed by atoms with Crippen LogP contribution in [-0.4, -0.2) is 11.8 Å². The maximum Gasteiger partial charge on any atom is 0.418 e. The van der Waals surface area contributed by atoms with Crippen molar-refractivity contribution in [2.24, 2.45) is 0 Å². The van der Waals surface area contributed by atoms with Crippen LogP contribution in [0.5, 0.6) is 0 Å². The van der Waals surface area contributed by atoms with Crippen LogP contribution in [0.3, 0.4) is 0 Å². The second-order valence-corrected chi connectivity index (χ2v) is 4.35. The largest absolute Gasteiger partial charge is 0.418 e. The minimum absolute atomic E-state index is 0.113. The first-order valence-corrected chi connectivity index (χ1v) is 5.59. The van der Waals surface area contributed by atoms with Crippen LogP contribution in [0, 0.1) is 0 Å². The molecule has 0 radical (unpaired) electrons. The van der Waals surface area contributed by atoms with Crippen molar-refractivity contribution < 1.29 is 22.8 Å². The fourth-order valence-electron chi connectivity index (χ4n) is 2.05. The Kier molecular flexibility index (Phi) is 3.21.